The van der Waals surface area contributed by atoms with Crippen LogP contribution in [0.25, 0.3) is 0 Å². The van der Waals surface area contributed by atoms with Crippen LogP contribution < -0.4 is 25.8 Å². The summed E-state index contributed by atoms with van der Waals surface area (Å²) in [5.41, 5.74) is 0.465. The van der Waals surface area contributed by atoms with Gasteiger partial charge < -0.3 is 19.7 Å². The molecule has 0 amide bonds. The third-order valence-electron chi connectivity index (χ3n) is 4.75. The molecular formula is C20H24N2O5. The maximum absolute atomic E-state index is 12.1. The monoisotopic (exact) mass is 372 g/mol. The molecule has 0 aromatic heterocycles. The van der Waals surface area contributed by atoms with Crippen molar-refractivity contribution < 1.29 is 14.3 Å². The van der Waals surface area contributed by atoms with Gasteiger partial charge >= 0.3 is 5.97 Å². The van der Waals surface area contributed by atoms with E-state index < -0.39 is 10.9 Å². The second-order valence-electron chi connectivity index (χ2n) is 6.48. The van der Waals surface area contributed by atoms with Crippen LogP contribution in [0.1, 0.15) is 26.7 Å². The first kappa shape index (κ1) is 18.9. The van der Waals surface area contributed by atoms with Crippen molar-refractivity contribution in [2.75, 3.05) is 36.5 Å². The number of anilines is 3. The van der Waals surface area contributed by atoms with Gasteiger partial charge in [-0.2, -0.15) is 0 Å². The first-order valence-corrected chi connectivity index (χ1v) is 9.29. The minimum atomic E-state index is -0.508. The summed E-state index contributed by atoms with van der Waals surface area (Å²) < 4.78 is 10.5. The molecule has 144 valence electrons. The number of benzene rings is 1. The van der Waals surface area contributed by atoms with Gasteiger partial charge in [0.15, 0.2) is 0 Å². The van der Waals surface area contributed by atoms with Gasteiger partial charge in [-0.05, 0) is 51.0 Å². The van der Waals surface area contributed by atoms with Crippen molar-refractivity contribution >= 4 is 23.0 Å². The first-order chi connectivity index (χ1) is 13.0. The molecule has 1 N–H and O–H groups in total. The van der Waals surface area contributed by atoms with Gasteiger partial charge in [0.25, 0.3) is 10.9 Å². The largest absolute Gasteiger partial charge is 0.494 e. The Labute approximate surface area is 157 Å². The Kier molecular flexibility index (Phi) is 5.78. The predicted molar refractivity (Wildman–Crippen MR) is 104 cm³/mol. The molecule has 0 spiro atoms. The molecule has 7 nitrogen and oxygen atoms in total. The van der Waals surface area contributed by atoms with E-state index >= 15 is 0 Å². The van der Waals surface area contributed by atoms with Gasteiger partial charge in [-0.1, -0.05) is 0 Å². The lowest BCUT2D eigenvalue weighted by Crippen LogP contribution is -2.46. The Morgan fingerprint density at radius 2 is 1.74 bits per heavy atom. The summed E-state index contributed by atoms with van der Waals surface area (Å²) in [5, 5.41) is 3.05. The molecule has 0 aliphatic carbocycles. The highest BCUT2D eigenvalue weighted by molar-refractivity contribution is 5.80. The highest BCUT2D eigenvalue weighted by Gasteiger charge is 2.31. The topological polar surface area (TPSA) is 84.9 Å². The van der Waals surface area contributed by atoms with Crippen LogP contribution in [0, 0.1) is 5.92 Å². The van der Waals surface area contributed by atoms with E-state index in [1.54, 1.807) is 19.1 Å². The number of hydrogen-bond acceptors (Lipinski definition) is 7. The van der Waals surface area contributed by atoms with E-state index in [9.17, 15) is 14.4 Å². The maximum Gasteiger partial charge on any atom is 0.309 e. The number of ether oxygens (including phenoxy) is 2. The average Bonchev–Trinajstić information content (AvgIpc) is 2.69. The molecule has 0 bridgehead atoms. The normalized spacial score (nSPS) is 15.0. The van der Waals surface area contributed by atoms with E-state index in [1.807, 2.05) is 24.0 Å². The van der Waals surface area contributed by atoms with Crippen LogP contribution in [-0.2, 0) is 9.53 Å². The fourth-order valence-corrected chi connectivity index (χ4v) is 3.34. The fraction of sp³-hybridized carbons (Fsp3) is 0.450. The molecule has 7 heteroatoms. The molecule has 0 saturated carbocycles. The van der Waals surface area contributed by atoms with Crippen LogP contribution in [-0.4, -0.2) is 32.3 Å². The summed E-state index contributed by atoms with van der Waals surface area (Å²) in [7, 11) is 0. The molecule has 3 rings (SSSR count). The van der Waals surface area contributed by atoms with E-state index in [2.05, 4.69) is 5.32 Å². The van der Waals surface area contributed by atoms with E-state index in [-0.39, 0.29) is 11.9 Å². The van der Waals surface area contributed by atoms with Gasteiger partial charge in [-0.15, -0.1) is 0 Å². The van der Waals surface area contributed by atoms with Gasteiger partial charge in [0.2, 0.25) is 0 Å². The molecule has 0 radical (unpaired) electrons. The number of carbonyl (C=O) groups is 1. The molecular weight excluding hydrogens is 348 g/mol. The van der Waals surface area contributed by atoms with Gasteiger partial charge in [-0.25, -0.2) is 0 Å². The van der Waals surface area contributed by atoms with Crippen molar-refractivity contribution in [2.24, 2.45) is 5.92 Å². The number of esters is 1. The Hall–Kier alpha value is -2.83. The Balaban J connectivity index is 1.68. The zero-order chi connectivity index (χ0) is 19.4. The fourth-order valence-electron chi connectivity index (χ4n) is 3.34. The Bertz CT molecular complexity index is 860. The third-order valence-corrected chi connectivity index (χ3v) is 4.75. The van der Waals surface area contributed by atoms with Crippen molar-refractivity contribution in [1.82, 2.24) is 0 Å². The summed E-state index contributed by atoms with van der Waals surface area (Å²) in [6.45, 7) is 5.74. The number of hydrogen-bond donors (Lipinski definition) is 1. The molecule has 1 heterocycles. The van der Waals surface area contributed by atoms with Crippen LogP contribution in [0.5, 0.6) is 5.75 Å². The van der Waals surface area contributed by atoms with Crippen LogP contribution in [0.2, 0.25) is 0 Å². The lowest BCUT2D eigenvalue weighted by Gasteiger charge is -2.34. The van der Waals surface area contributed by atoms with Crippen molar-refractivity contribution in [3.8, 4) is 5.75 Å². The zero-order valence-corrected chi connectivity index (χ0v) is 15.6. The van der Waals surface area contributed by atoms with Crippen LogP contribution in [0.15, 0.2) is 33.9 Å². The van der Waals surface area contributed by atoms with Crippen LogP contribution >= 0.6 is 0 Å². The maximum atomic E-state index is 12.1. The summed E-state index contributed by atoms with van der Waals surface area (Å²) in [5.74, 6) is 0.416. The first-order valence-electron chi connectivity index (χ1n) is 9.29. The van der Waals surface area contributed by atoms with Crippen molar-refractivity contribution in [1.29, 1.82) is 0 Å². The Morgan fingerprint density at radius 3 is 2.33 bits per heavy atom. The van der Waals surface area contributed by atoms with E-state index in [4.69, 9.17) is 9.47 Å². The van der Waals surface area contributed by atoms with Crippen molar-refractivity contribution in [3.05, 3.63) is 44.7 Å². The van der Waals surface area contributed by atoms with Crippen molar-refractivity contribution in [2.45, 2.75) is 26.7 Å². The van der Waals surface area contributed by atoms with Crippen molar-refractivity contribution in [3.63, 3.8) is 0 Å². The summed E-state index contributed by atoms with van der Waals surface area (Å²) in [6.07, 6.45) is 1.22. The zero-order valence-electron chi connectivity index (χ0n) is 15.6. The lowest BCUT2D eigenvalue weighted by atomic mass is 9.96. The lowest BCUT2D eigenvalue weighted by molar-refractivity contribution is -0.148. The molecule has 1 fully saturated rings. The third kappa shape index (κ3) is 3.97. The van der Waals surface area contributed by atoms with E-state index in [1.165, 1.54) is 0 Å². The van der Waals surface area contributed by atoms with Gasteiger partial charge in [0.1, 0.15) is 17.1 Å². The standard InChI is InChI=1S/C20H24N2O5/c1-3-26-15-7-5-14(6-8-15)21-16-17(19(24)18(16)23)22-11-9-13(10-12-22)20(25)27-4-2/h5-8,13,21H,3-4,9-12H2,1-2H3. The highest BCUT2D eigenvalue weighted by Crippen LogP contribution is 2.29. The second-order valence-corrected chi connectivity index (χ2v) is 6.48. The second kappa shape index (κ2) is 8.24. The molecule has 1 saturated heterocycles. The smallest absolute Gasteiger partial charge is 0.309 e. The molecule has 1 aliphatic rings. The predicted octanol–water partition coefficient (Wildman–Crippen LogP) is 2.20. The molecule has 2 aromatic rings. The highest BCUT2D eigenvalue weighted by atomic mass is 16.5. The number of carbonyl (C=O) groups excluding carboxylic acids is 1. The Morgan fingerprint density at radius 1 is 1.07 bits per heavy atom. The van der Waals surface area contributed by atoms with Crippen LogP contribution in [0.3, 0.4) is 0 Å². The molecule has 1 aliphatic heterocycles. The minimum absolute atomic E-state index is 0.143. The average molecular weight is 372 g/mol. The number of piperidine rings is 1. The van der Waals surface area contributed by atoms with Gasteiger partial charge in [0, 0.05) is 18.8 Å². The van der Waals surface area contributed by atoms with E-state index in [0.717, 1.165) is 5.75 Å². The summed E-state index contributed by atoms with van der Waals surface area (Å²) >= 11 is 0. The quantitative estimate of drug-likeness (QED) is 0.589. The molecule has 0 unspecified atom stereocenters. The number of nitrogens with zero attached hydrogens (tertiary/aromatic N) is 1. The SMILES string of the molecule is CCOC(=O)C1CCN(c2c(Nc3ccc(OCC)cc3)c(=O)c2=O)CC1. The molecule has 27 heavy (non-hydrogen) atoms. The summed E-state index contributed by atoms with van der Waals surface area (Å²) in [4.78, 5) is 37.9. The van der Waals surface area contributed by atoms with E-state index in [0.29, 0.717) is 56.2 Å². The molecule has 0 atom stereocenters. The van der Waals surface area contributed by atoms with Gasteiger partial charge in [-0.3, -0.25) is 14.4 Å². The summed E-state index contributed by atoms with van der Waals surface area (Å²) in [6, 6.07) is 7.22. The number of rotatable bonds is 7. The molecule has 2 aromatic carbocycles. The number of nitrogens with one attached hydrogen (secondary N) is 1. The van der Waals surface area contributed by atoms with Crippen LogP contribution in [0.4, 0.5) is 17.1 Å². The minimum Gasteiger partial charge on any atom is -0.494 e. The van der Waals surface area contributed by atoms with Gasteiger partial charge in [0.05, 0.1) is 19.1 Å².